The molecule has 0 rings (SSSR count). The second kappa shape index (κ2) is 7.36. The van der Waals surface area contributed by atoms with Gasteiger partial charge in [0.25, 0.3) is 0 Å². The van der Waals surface area contributed by atoms with Crippen molar-refractivity contribution in [2.45, 2.75) is 38.3 Å². The molecule has 2 unspecified atom stereocenters. The maximum atomic E-state index is 10.6. The van der Waals surface area contributed by atoms with Gasteiger partial charge in [0, 0.05) is 12.5 Å². The first-order valence-corrected chi connectivity index (χ1v) is 4.58. The summed E-state index contributed by atoms with van der Waals surface area (Å²) in [6, 6.07) is -0.342. The largest absolute Gasteiger partial charge is 0.468 e. The van der Waals surface area contributed by atoms with Crippen LogP contribution in [-0.2, 0) is 9.53 Å². The molecule has 0 aliphatic carbocycles. The summed E-state index contributed by atoms with van der Waals surface area (Å²) in [7, 11) is 1.32. The van der Waals surface area contributed by atoms with E-state index in [4.69, 9.17) is 5.73 Å². The van der Waals surface area contributed by atoms with Crippen LogP contribution in [0, 0.1) is 11.8 Å². The summed E-state index contributed by atoms with van der Waals surface area (Å²) in [6.45, 7) is 1.85. The maximum absolute atomic E-state index is 10.6. The SMILES string of the molecule is CCC(O)C(N)CC#CCC(=O)OC. The molecule has 14 heavy (non-hydrogen) atoms. The van der Waals surface area contributed by atoms with Gasteiger partial charge in [-0.1, -0.05) is 12.8 Å². The van der Waals surface area contributed by atoms with Crippen LogP contribution >= 0.6 is 0 Å². The van der Waals surface area contributed by atoms with E-state index < -0.39 is 6.10 Å². The van der Waals surface area contributed by atoms with E-state index in [2.05, 4.69) is 16.6 Å². The zero-order valence-corrected chi connectivity index (χ0v) is 8.62. The highest BCUT2D eigenvalue weighted by Crippen LogP contribution is 1.98. The lowest BCUT2D eigenvalue weighted by molar-refractivity contribution is -0.139. The fourth-order valence-corrected chi connectivity index (χ4v) is 0.836. The quantitative estimate of drug-likeness (QED) is 0.495. The van der Waals surface area contributed by atoms with Crippen LogP contribution in [0.4, 0.5) is 0 Å². The predicted octanol–water partition coefficient (Wildman–Crippen LogP) is 0.0412. The van der Waals surface area contributed by atoms with Crippen LogP contribution in [0.2, 0.25) is 0 Å². The van der Waals surface area contributed by atoms with Crippen molar-refractivity contribution >= 4 is 5.97 Å². The van der Waals surface area contributed by atoms with Gasteiger partial charge in [-0.15, -0.1) is 5.92 Å². The Morgan fingerprint density at radius 2 is 2.21 bits per heavy atom. The van der Waals surface area contributed by atoms with E-state index in [-0.39, 0.29) is 18.4 Å². The summed E-state index contributed by atoms with van der Waals surface area (Å²) in [6.07, 6.45) is 0.555. The second-order valence-corrected chi connectivity index (χ2v) is 2.95. The normalized spacial score (nSPS) is 13.7. The number of aliphatic hydroxyl groups excluding tert-OH is 1. The Balaban J connectivity index is 3.75. The highest BCUT2D eigenvalue weighted by molar-refractivity contribution is 5.72. The Kier molecular flexibility index (Phi) is 6.81. The molecule has 3 N–H and O–H groups in total. The Morgan fingerprint density at radius 3 is 2.71 bits per heavy atom. The van der Waals surface area contributed by atoms with E-state index in [1.54, 1.807) is 0 Å². The topological polar surface area (TPSA) is 72.5 Å². The Morgan fingerprint density at radius 1 is 1.57 bits per heavy atom. The predicted molar refractivity (Wildman–Crippen MR) is 53.3 cm³/mol. The van der Waals surface area contributed by atoms with Crippen molar-refractivity contribution in [3.05, 3.63) is 0 Å². The number of methoxy groups -OCH3 is 1. The first kappa shape index (κ1) is 12.9. The zero-order valence-electron chi connectivity index (χ0n) is 8.62. The summed E-state index contributed by atoms with van der Waals surface area (Å²) in [5, 5.41) is 9.30. The summed E-state index contributed by atoms with van der Waals surface area (Å²) in [4.78, 5) is 10.6. The maximum Gasteiger partial charge on any atom is 0.317 e. The molecule has 2 atom stereocenters. The molecule has 0 aromatic carbocycles. The van der Waals surface area contributed by atoms with E-state index in [0.29, 0.717) is 12.8 Å². The smallest absolute Gasteiger partial charge is 0.317 e. The fraction of sp³-hybridized carbons (Fsp3) is 0.700. The molecule has 0 saturated heterocycles. The van der Waals surface area contributed by atoms with Crippen LogP contribution < -0.4 is 5.73 Å². The van der Waals surface area contributed by atoms with E-state index in [1.165, 1.54) is 7.11 Å². The molecular formula is C10H17NO3. The number of carbonyl (C=O) groups excluding carboxylic acids is 1. The van der Waals surface area contributed by atoms with Crippen molar-refractivity contribution in [3.63, 3.8) is 0 Å². The number of carbonyl (C=O) groups is 1. The summed E-state index contributed by atoms with van der Waals surface area (Å²) in [5.41, 5.74) is 5.61. The third kappa shape index (κ3) is 5.57. The van der Waals surface area contributed by atoms with Crippen LogP contribution in [0.3, 0.4) is 0 Å². The van der Waals surface area contributed by atoms with E-state index in [1.807, 2.05) is 6.92 Å². The number of hydrogen-bond donors (Lipinski definition) is 2. The number of esters is 1. The number of aliphatic hydroxyl groups is 1. The first-order valence-electron chi connectivity index (χ1n) is 4.58. The molecule has 0 heterocycles. The molecule has 0 fully saturated rings. The molecule has 4 heteroatoms. The van der Waals surface area contributed by atoms with Gasteiger partial charge in [-0.2, -0.15) is 0 Å². The van der Waals surface area contributed by atoms with E-state index >= 15 is 0 Å². The molecule has 0 saturated carbocycles. The van der Waals surface area contributed by atoms with Crippen LogP contribution in [0.5, 0.6) is 0 Å². The van der Waals surface area contributed by atoms with Crippen molar-refractivity contribution in [1.29, 1.82) is 0 Å². The van der Waals surface area contributed by atoms with E-state index in [0.717, 1.165) is 0 Å². The van der Waals surface area contributed by atoms with Gasteiger partial charge >= 0.3 is 5.97 Å². The molecule has 0 aliphatic rings. The van der Waals surface area contributed by atoms with Gasteiger partial charge < -0.3 is 15.6 Å². The Bertz CT molecular complexity index is 229. The first-order chi connectivity index (χ1) is 6.61. The minimum atomic E-state index is -0.526. The molecule has 0 aromatic rings. The Labute approximate surface area is 84.4 Å². The second-order valence-electron chi connectivity index (χ2n) is 2.95. The minimum Gasteiger partial charge on any atom is -0.468 e. The molecular weight excluding hydrogens is 182 g/mol. The number of hydrogen-bond acceptors (Lipinski definition) is 4. The summed E-state index contributed by atoms with van der Waals surface area (Å²) >= 11 is 0. The van der Waals surface area contributed by atoms with Crippen LogP contribution in [0.25, 0.3) is 0 Å². The molecule has 0 aromatic heterocycles. The highest BCUT2D eigenvalue weighted by atomic mass is 16.5. The van der Waals surface area contributed by atoms with Gasteiger partial charge in [0.15, 0.2) is 0 Å². The lowest BCUT2D eigenvalue weighted by atomic mass is 10.1. The average molecular weight is 199 g/mol. The van der Waals surface area contributed by atoms with Gasteiger partial charge in [0.2, 0.25) is 0 Å². The molecule has 0 amide bonds. The monoisotopic (exact) mass is 199 g/mol. The van der Waals surface area contributed by atoms with Crippen molar-refractivity contribution in [1.82, 2.24) is 0 Å². The van der Waals surface area contributed by atoms with Crippen molar-refractivity contribution < 1.29 is 14.6 Å². The molecule has 0 spiro atoms. The third-order valence-electron chi connectivity index (χ3n) is 1.84. The third-order valence-corrected chi connectivity index (χ3v) is 1.84. The average Bonchev–Trinajstić information content (AvgIpc) is 2.22. The van der Waals surface area contributed by atoms with Crippen LogP contribution in [0.15, 0.2) is 0 Å². The fourth-order valence-electron chi connectivity index (χ4n) is 0.836. The lowest BCUT2D eigenvalue weighted by Crippen LogP contribution is -2.33. The van der Waals surface area contributed by atoms with Gasteiger partial charge in [-0.3, -0.25) is 4.79 Å². The van der Waals surface area contributed by atoms with E-state index in [9.17, 15) is 9.90 Å². The molecule has 80 valence electrons. The highest BCUT2D eigenvalue weighted by Gasteiger charge is 2.10. The molecule has 0 radical (unpaired) electrons. The van der Waals surface area contributed by atoms with Gasteiger partial charge in [0.05, 0.1) is 13.2 Å². The van der Waals surface area contributed by atoms with Crippen molar-refractivity contribution in [2.24, 2.45) is 5.73 Å². The summed E-state index contributed by atoms with van der Waals surface area (Å²) in [5.74, 6) is 5.00. The van der Waals surface area contributed by atoms with Crippen molar-refractivity contribution in [3.8, 4) is 11.8 Å². The lowest BCUT2D eigenvalue weighted by Gasteiger charge is -2.13. The minimum absolute atomic E-state index is 0.0748. The van der Waals surface area contributed by atoms with Gasteiger partial charge in [-0.05, 0) is 6.42 Å². The Hall–Kier alpha value is -1.05. The van der Waals surface area contributed by atoms with Crippen molar-refractivity contribution in [2.75, 3.05) is 7.11 Å². The molecule has 0 bridgehead atoms. The van der Waals surface area contributed by atoms with Gasteiger partial charge in [0.1, 0.15) is 6.42 Å². The molecule has 4 nitrogen and oxygen atoms in total. The number of ether oxygens (including phenoxy) is 1. The zero-order chi connectivity index (χ0) is 11.0. The summed E-state index contributed by atoms with van der Waals surface area (Å²) < 4.78 is 4.40. The van der Waals surface area contributed by atoms with Crippen LogP contribution in [0.1, 0.15) is 26.2 Å². The number of rotatable bonds is 4. The number of nitrogens with two attached hydrogens (primary N) is 1. The standard InChI is InChI=1S/C10H17NO3/c1-3-9(12)8(11)6-4-5-7-10(13)14-2/h8-9,12H,3,6-7,11H2,1-2H3. The molecule has 0 aliphatic heterocycles. The van der Waals surface area contributed by atoms with Crippen LogP contribution in [-0.4, -0.2) is 30.3 Å². The van der Waals surface area contributed by atoms with Gasteiger partial charge in [-0.25, -0.2) is 0 Å².